The predicted octanol–water partition coefficient (Wildman–Crippen LogP) is 4.33. The van der Waals surface area contributed by atoms with Gasteiger partial charge in [-0.1, -0.05) is 0 Å². The number of hydrogen-bond donors (Lipinski definition) is 1. The normalized spacial score (nSPS) is 14.3. The zero-order valence-electron chi connectivity index (χ0n) is 11.1. The van der Waals surface area contributed by atoms with E-state index in [-0.39, 0.29) is 6.92 Å². The summed E-state index contributed by atoms with van der Waals surface area (Å²) in [7, 11) is 0. The maximum atomic E-state index is 13.3. The summed E-state index contributed by atoms with van der Waals surface area (Å²) in [5.74, 6) is -13.5. The Balaban J connectivity index is 3.73. The Bertz CT molecular complexity index is 646. The van der Waals surface area contributed by atoms with Gasteiger partial charge in [0, 0.05) is 0 Å². The minimum Gasteiger partial charge on any atom is -0.369 e. The molecule has 0 radical (unpaired) electrons. The Morgan fingerprint density at radius 2 is 1.00 bits per heavy atom. The number of hydrogen-bond acceptors (Lipinski definition) is 2. The zero-order chi connectivity index (χ0) is 19.2. The van der Waals surface area contributed by atoms with Gasteiger partial charge in [-0.05, 0) is 6.92 Å². The van der Waals surface area contributed by atoms with Crippen molar-refractivity contribution >= 4 is 11.4 Å². The van der Waals surface area contributed by atoms with Crippen LogP contribution in [0.15, 0.2) is 4.99 Å². The molecule has 1 rings (SSSR count). The molecule has 0 spiro atoms. The topological polar surface area (TPSA) is 32.6 Å². The first-order valence-electron chi connectivity index (χ1n) is 5.50. The van der Waals surface area contributed by atoms with E-state index in [1.807, 2.05) is 0 Å². The van der Waals surface area contributed by atoms with Crippen molar-refractivity contribution < 1.29 is 53.4 Å². The third-order valence-corrected chi connectivity index (χ3v) is 2.81. The molecule has 13 heteroatoms. The number of rotatable bonds is 2. The summed E-state index contributed by atoms with van der Waals surface area (Å²) in [5.41, 5.74) is -10.4. The van der Waals surface area contributed by atoms with Crippen molar-refractivity contribution in [1.82, 2.24) is 0 Å². The van der Waals surface area contributed by atoms with Gasteiger partial charge in [0.2, 0.25) is 5.82 Å². The number of alkyl halides is 6. The average Bonchev–Trinajstić information content (AvgIpc) is 2.44. The molecule has 0 saturated carbocycles. The summed E-state index contributed by atoms with van der Waals surface area (Å²) < 4.78 is 140. The Morgan fingerprint density at radius 3 is 1.29 bits per heavy atom. The molecule has 0 fully saturated rings. The third-order valence-electron chi connectivity index (χ3n) is 2.81. The van der Waals surface area contributed by atoms with Gasteiger partial charge >= 0.3 is 12.4 Å². The fraction of sp³-hybridized carbons (Fsp3) is 0.364. The molecule has 1 N–H and O–H groups in total. The van der Waals surface area contributed by atoms with Crippen LogP contribution in [0.3, 0.4) is 0 Å². The van der Waals surface area contributed by atoms with E-state index >= 15 is 0 Å². The van der Waals surface area contributed by atoms with E-state index < -0.39 is 58.4 Å². The highest BCUT2D eigenvalue weighted by atomic mass is 19.4. The molecule has 2 nitrogen and oxygen atoms in total. The Hall–Kier alpha value is -1.92. The minimum absolute atomic E-state index is 0.140. The molecule has 0 aliphatic heterocycles. The van der Waals surface area contributed by atoms with Crippen molar-refractivity contribution in [2.24, 2.45) is 4.99 Å². The molecule has 0 aliphatic rings. The third kappa shape index (κ3) is 2.91. The van der Waals surface area contributed by atoms with E-state index in [1.165, 1.54) is 0 Å². The van der Waals surface area contributed by atoms with Crippen LogP contribution >= 0.6 is 0 Å². The maximum absolute atomic E-state index is 13.3. The molecule has 0 atom stereocenters. The molecular formula is C11H4F11NO. The van der Waals surface area contributed by atoms with E-state index in [2.05, 4.69) is 4.99 Å². The lowest BCUT2D eigenvalue weighted by atomic mass is 9.97. The summed E-state index contributed by atoms with van der Waals surface area (Å²) >= 11 is 0. The van der Waals surface area contributed by atoms with Crippen molar-refractivity contribution in [3.8, 4) is 0 Å². The summed E-state index contributed by atoms with van der Waals surface area (Å²) in [5, 5.41) is 8.90. The molecule has 0 saturated heterocycles. The molecular weight excluding hydrogens is 371 g/mol. The van der Waals surface area contributed by atoms with Crippen LogP contribution in [-0.4, -0.2) is 28.8 Å². The first-order chi connectivity index (χ1) is 10.6. The second kappa shape index (κ2) is 5.86. The predicted molar refractivity (Wildman–Crippen MR) is 56.1 cm³/mol. The van der Waals surface area contributed by atoms with E-state index in [9.17, 15) is 48.3 Å². The van der Waals surface area contributed by atoms with Crippen LogP contribution in [0.2, 0.25) is 0 Å². The number of aliphatic hydroxyl groups is 1. The van der Waals surface area contributed by atoms with Crippen LogP contribution in [0.4, 0.5) is 54.0 Å². The van der Waals surface area contributed by atoms with E-state index in [0.29, 0.717) is 0 Å². The van der Waals surface area contributed by atoms with Gasteiger partial charge < -0.3 is 5.11 Å². The average molecular weight is 375 g/mol. The molecule has 136 valence electrons. The molecule has 1 aromatic carbocycles. The van der Waals surface area contributed by atoms with Crippen LogP contribution in [-0.2, 0) is 0 Å². The van der Waals surface area contributed by atoms with Gasteiger partial charge in [0.05, 0.1) is 5.71 Å². The monoisotopic (exact) mass is 375 g/mol. The number of halogens is 11. The fourth-order valence-electron chi connectivity index (χ4n) is 1.51. The number of aliphatic imine (C=N–C) groups is 1. The van der Waals surface area contributed by atoms with Crippen molar-refractivity contribution in [3.63, 3.8) is 0 Å². The van der Waals surface area contributed by atoms with Crippen molar-refractivity contribution in [3.05, 3.63) is 29.1 Å². The lowest BCUT2D eigenvalue weighted by Crippen LogP contribution is -2.61. The molecule has 24 heavy (non-hydrogen) atoms. The smallest absolute Gasteiger partial charge is 0.369 e. The van der Waals surface area contributed by atoms with Crippen LogP contribution in [0.5, 0.6) is 0 Å². The second-order valence-electron chi connectivity index (χ2n) is 4.32. The molecule has 0 unspecified atom stereocenters. The molecule has 0 aliphatic carbocycles. The van der Waals surface area contributed by atoms with Gasteiger partial charge in [-0.3, -0.25) is 0 Å². The highest BCUT2D eigenvalue weighted by Crippen LogP contribution is 2.45. The van der Waals surface area contributed by atoms with E-state index in [1.54, 1.807) is 0 Å². The van der Waals surface area contributed by atoms with Crippen LogP contribution in [0.1, 0.15) is 6.92 Å². The molecule has 1 aromatic rings. The summed E-state index contributed by atoms with van der Waals surface area (Å²) in [6.45, 7) is -0.140. The lowest BCUT2D eigenvalue weighted by molar-refractivity contribution is -0.338. The largest absolute Gasteiger partial charge is 0.431 e. The van der Waals surface area contributed by atoms with Gasteiger partial charge in [0.15, 0.2) is 23.3 Å². The van der Waals surface area contributed by atoms with Crippen LogP contribution < -0.4 is 0 Å². The van der Waals surface area contributed by atoms with Gasteiger partial charge in [0.25, 0.3) is 5.60 Å². The minimum atomic E-state index is -6.44. The standard InChI is InChI=1S/C11H4F11NO/c1-2(9(24,10(17,18)19)11(20,21)22)23-8-6(15)4(13)3(12)5(14)7(8)16/h24H,1H3. The van der Waals surface area contributed by atoms with Crippen LogP contribution in [0.25, 0.3) is 0 Å². The van der Waals surface area contributed by atoms with Gasteiger partial charge in [-0.2, -0.15) is 26.3 Å². The highest BCUT2D eigenvalue weighted by Gasteiger charge is 2.72. The summed E-state index contributed by atoms with van der Waals surface area (Å²) in [4.78, 5) is 2.16. The zero-order valence-corrected chi connectivity index (χ0v) is 11.1. The number of benzene rings is 1. The Labute approximate surface area is 125 Å². The molecule has 0 heterocycles. The highest BCUT2D eigenvalue weighted by molar-refractivity contribution is 5.94. The molecule has 0 amide bonds. The Kier molecular flexibility index (Phi) is 4.92. The SMILES string of the molecule is CC(=Nc1c(F)c(F)c(F)c(F)c1F)C(O)(C(F)(F)F)C(F)(F)F. The first-order valence-corrected chi connectivity index (χ1v) is 5.50. The molecule has 0 aromatic heterocycles. The second-order valence-corrected chi connectivity index (χ2v) is 4.32. The first kappa shape index (κ1) is 20.1. The fourth-order valence-corrected chi connectivity index (χ4v) is 1.51. The van der Waals surface area contributed by atoms with Crippen LogP contribution in [0, 0.1) is 29.1 Å². The number of nitrogens with zero attached hydrogens (tertiary/aromatic N) is 1. The van der Waals surface area contributed by atoms with Gasteiger partial charge in [-0.25, -0.2) is 26.9 Å². The van der Waals surface area contributed by atoms with E-state index in [0.717, 1.165) is 0 Å². The summed E-state index contributed by atoms with van der Waals surface area (Å²) in [6, 6.07) is 0. The lowest BCUT2D eigenvalue weighted by Gasteiger charge is -2.32. The van der Waals surface area contributed by atoms with Gasteiger partial charge in [-0.15, -0.1) is 0 Å². The quantitative estimate of drug-likeness (QED) is 0.355. The maximum Gasteiger partial charge on any atom is 0.431 e. The molecule has 0 bridgehead atoms. The van der Waals surface area contributed by atoms with Crippen molar-refractivity contribution in [2.75, 3.05) is 0 Å². The van der Waals surface area contributed by atoms with Crippen molar-refractivity contribution in [1.29, 1.82) is 0 Å². The Morgan fingerprint density at radius 1 is 0.708 bits per heavy atom. The summed E-state index contributed by atoms with van der Waals surface area (Å²) in [6.07, 6.45) is -12.9. The van der Waals surface area contributed by atoms with E-state index in [4.69, 9.17) is 5.11 Å². The van der Waals surface area contributed by atoms with Crippen molar-refractivity contribution in [2.45, 2.75) is 24.9 Å². The van der Waals surface area contributed by atoms with Gasteiger partial charge in [0.1, 0.15) is 5.69 Å².